The molecule has 6 rings (SSSR count). The van der Waals surface area contributed by atoms with Crippen molar-refractivity contribution in [3.63, 3.8) is 0 Å². The van der Waals surface area contributed by atoms with Crippen LogP contribution in [0.1, 0.15) is 93.5 Å². The molecule has 8 nitrogen and oxygen atoms in total. The lowest BCUT2D eigenvalue weighted by atomic mass is 9.74. The van der Waals surface area contributed by atoms with Gasteiger partial charge in [0, 0.05) is 58.7 Å². The number of rotatable bonds is 7. The fourth-order valence-electron chi connectivity index (χ4n) is 7.61. The summed E-state index contributed by atoms with van der Waals surface area (Å²) in [6.07, 6.45) is 16.8. The summed E-state index contributed by atoms with van der Waals surface area (Å²) in [7, 11) is 0. The molecule has 3 aromatic rings. The molecule has 2 unspecified atom stereocenters. The number of fused-ring (bicyclic) bond motifs is 2. The standard InChI is InChI=1S/C35H44BrClN6O2/c1-35(2,42-17-15-38-22-42)13-14-39-33(44)30-20-24(12-16-43(30)34(45)41-28-6-4-3-5-7-28)31-29-11-10-27(37)19-23(29)8-9-25-18-26(36)21-40-32(25)31/h10-11,15,17-19,21-22,24,28,30-31H,3-9,12-14,16,20H2,1-2H3,(H,39,44)(H,41,45)/t24?,30?,31-/m0/s1. The number of likely N-dealkylation sites (tertiary alicyclic amines) is 1. The van der Waals surface area contributed by atoms with Gasteiger partial charge in [-0.1, -0.05) is 36.9 Å². The van der Waals surface area contributed by atoms with E-state index in [9.17, 15) is 9.59 Å². The summed E-state index contributed by atoms with van der Waals surface area (Å²) in [6, 6.07) is 7.88. The van der Waals surface area contributed by atoms with Gasteiger partial charge in [-0.15, -0.1) is 0 Å². The highest BCUT2D eigenvalue weighted by Gasteiger charge is 2.42. The van der Waals surface area contributed by atoms with Gasteiger partial charge in [0.1, 0.15) is 6.04 Å². The van der Waals surface area contributed by atoms with Crippen LogP contribution in [-0.4, -0.2) is 56.5 Å². The van der Waals surface area contributed by atoms with Crippen LogP contribution in [0.3, 0.4) is 0 Å². The quantitative estimate of drug-likeness (QED) is 0.279. The van der Waals surface area contributed by atoms with Crippen molar-refractivity contribution in [2.75, 3.05) is 13.1 Å². The second-order valence-electron chi connectivity index (χ2n) is 13.6. The molecular weight excluding hydrogens is 652 g/mol. The topological polar surface area (TPSA) is 92.1 Å². The zero-order valence-electron chi connectivity index (χ0n) is 26.3. The maximum absolute atomic E-state index is 14.1. The van der Waals surface area contributed by atoms with Crippen molar-refractivity contribution in [2.24, 2.45) is 5.92 Å². The van der Waals surface area contributed by atoms with E-state index in [1.54, 1.807) is 11.1 Å². The molecule has 3 amide bonds. The Morgan fingerprint density at radius 3 is 2.67 bits per heavy atom. The fraction of sp³-hybridized carbons (Fsp3) is 0.543. The molecule has 1 saturated heterocycles. The van der Waals surface area contributed by atoms with Crippen LogP contribution in [0.4, 0.5) is 4.79 Å². The van der Waals surface area contributed by atoms with Gasteiger partial charge in [0.05, 0.1) is 12.0 Å². The van der Waals surface area contributed by atoms with Crippen molar-refractivity contribution in [1.82, 2.24) is 30.1 Å². The van der Waals surface area contributed by atoms with Crippen molar-refractivity contribution in [1.29, 1.82) is 0 Å². The molecule has 0 bridgehead atoms. The minimum absolute atomic E-state index is 0.0156. The van der Waals surface area contributed by atoms with Crippen LogP contribution in [0.5, 0.6) is 0 Å². The molecule has 3 atom stereocenters. The van der Waals surface area contributed by atoms with E-state index in [4.69, 9.17) is 16.6 Å². The molecule has 0 spiro atoms. The van der Waals surface area contributed by atoms with Crippen LogP contribution in [0.2, 0.25) is 5.02 Å². The second kappa shape index (κ2) is 13.8. The van der Waals surface area contributed by atoms with Crippen LogP contribution >= 0.6 is 27.5 Å². The van der Waals surface area contributed by atoms with Crippen molar-refractivity contribution in [2.45, 2.75) is 102 Å². The van der Waals surface area contributed by atoms with Gasteiger partial charge < -0.3 is 20.1 Å². The number of benzene rings is 1. The van der Waals surface area contributed by atoms with Gasteiger partial charge in [0.2, 0.25) is 5.91 Å². The number of aromatic nitrogens is 3. The summed E-state index contributed by atoms with van der Waals surface area (Å²) >= 11 is 10.1. The summed E-state index contributed by atoms with van der Waals surface area (Å²) in [6.45, 7) is 5.31. The summed E-state index contributed by atoms with van der Waals surface area (Å²) in [5, 5.41) is 7.23. The molecule has 1 aromatic carbocycles. The molecule has 2 aromatic heterocycles. The Morgan fingerprint density at radius 1 is 1.09 bits per heavy atom. The van der Waals surface area contributed by atoms with Gasteiger partial charge in [-0.25, -0.2) is 9.78 Å². The van der Waals surface area contributed by atoms with Gasteiger partial charge in [-0.2, -0.15) is 0 Å². The minimum Gasteiger partial charge on any atom is -0.354 e. The number of urea groups is 1. The van der Waals surface area contributed by atoms with Gasteiger partial charge in [0.25, 0.3) is 0 Å². The first-order chi connectivity index (χ1) is 21.7. The van der Waals surface area contributed by atoms with Crippen molar-refractivity contribution < 1.29 is 9.59 Å². The van der Waals surface area contributed by atoms with Gasteiger partial charge >= 0.3 is 6.03 Å². The van der Waals surface area contributed by atoms with E-state index in [0.717, 1.165) is 66.6 Å². The molecule has 0 radical (unpaired) electrons. The van der Waals surface area contributed by atoms with Crippen LogP contribution in [0.25, 0.3) is 0 Å². The lowest BCUT2D eigenvalue weighted by molar-refractivity contribution is -0.127. The summed E-state index contributed by atoms with van der Waals surface area (Å²) in [4.78, 5) is 38.8. The third-order valence-electron chi connectivity index (χ3n) is 10.2. The second-order valence-corrected chi connectivity index (χ2v) is 15.0. The van der Waals surface area contributed by atoms with E-state index in [2.05, 4.69) is 68.2 Å². The number of nitrogens with zero attached hydrogens (tertiary/aromatic N) is 4. The Bertz CT molecular complexity index is 1450. The highest BCUT2D eigenvalue weighted by Crippen LogP contribution is 2.44. The molecule has 10 heteroatoms. The van der Waals surface area contributed by atoms with Crippen LogP contribution < -0.4 is 10.6 Å². The van der Waals surface area contributed by atoms with Gasteiger partial charge in [-0.3, -0.25) is 9.78 Å². The number of pyridine rings is 1. The average molecular weight is 696 g/mol. The zero-order valence-corrected chi connectivity index (χ0v) is 28.6. The lowest BCUT2D eigenvalue weighted by Crippen LogP contribution is -2.58. The smallest absolute Gasteiger partial charge is 0.318 e. The predicted octanol–water partition coefficient (Wildman–Crippen LogP) is 6.99. The molecule has 45 heavy (non-hydrogen) atoms. The maximum atomic E-state index is 14.1. The normalized spacial score (nSPS) is 22.2. The molecule has 3 heterocycles. The van der Waals surface area contributed by atoms with E-state index >= 15 is 0 Å². The molecule has 2 aliphatic carbocycles. The third kappa shape index (κ3) is 7.25. The SMILES string of the molecule is CC(C)(CCNC(=O)C1CC([C@H]2c3ccc(Cl)cc3CCc3cc(Br)cnc32)CCN1C(=O)NC1CCCCC1)n1ccnc1. The summed E-state index contributed by atoms with van der Waals surface area (Å²) in [5.74, 6) is 0.0584. The highest BCUT2D eigenvalue weighted by atomic mass is 79.9. The third-order valence-corrected chi connectivity index (χ3v) is 10.9. The summed E-state index contributed by atoms with van der Waals surface area (Å²) < 4.78 is 3.03. The fourth-order valence-corrected chi connectivity index (χ4v) is 8.18. The number of nitrogens with one attached hydrogen (secondary N) is 2. The molecule has 2 fully saturated rings. The van der Waals surface area contributed by atoms with Crippen molar-refractivity contribution in [3.05, 3.63) is 81.1 Å². The Labute approximate surface area is 279 Å². The predicted molar refractivity (Wildman–Crippen MR) is 180 cm³/mol. The van der Waals surface area contributed by atoms with Crippen LogP contribution in [0.15, 0.2) is 53.7 Å². The van der Waals surface area contributed by atoms with E-state index in [1.807, 2.05) is 24.8 Å². The lowest BCUT2D eigenvalue weighted by Gasteiger charge is -2.42. The molecular formula is C35H44BrClN6O2. The highest BCUT2D eigenvalue weighted by molar-refractivity contribution is 9.10. The van der Waals surface area contributed by atoms with E-state index < -0.39 is 6.04 Å². The Hall–Kier alpha value is -2.91. The average Bonchev–Trinajstić information content (AvgIpc) is 3.54. The van der Waals surface area contributed by atoms with E-state index in [0.29, 0.717) is 19.5 Å². The van der Waals surface area contributed by atoms with Crippen molar-refractivity contribution >= 4 is 39.5 Å². The first-order valence-electron chi connectivity index (χ1n) is 16.5. The Kier molecular flexibility index (Phi) is 9.85. The molecule has 2 N–H and O–H groups in total. The zero-order chi connectivity index (χ0) is 31.6. The number of carbonyl (C=O) groups is 2. The maximum Gasteiger partial charge on any atom is 0.318 e. The van der Waals surface area contributed by atoms with Gasteiger partial charge in [-0.05, 0) is 116 Å². The Balaban J connectivity index is 1.27. The number of halogens is 2. The number of aryl methyl sites for hydroxylation is 2. The first-order valence-corrected chi connectivity index (χ1v) is 17.6. The molecule has 240 valence electrons. The number of carbonyl (C=O) groups excluding carboxylic acids is 2. The Morgan fingerprint density at radius 2 is 1.89 bits per heavy atom. The first kappa shape index (κ1) is 32.0. The monoisotopic (exact) mass is 694 g/mol. The largest absolute Gasteiger partial charge is 0.354 e. The van der Waals surface area contributed by atoms with Crippen LogP contribution in [-0.2, 0) is 23.2 Å². The number of hydrogen-bond acceptors (Lipinski definition) is 4. The minimum atomic E-state index is -0.568. The number of amides is 3. The molecule has 1 aliphatic heterocycles. The van der Waals surface area contributed by atoms with Crippen molar-refractivity contribution in [3.8, 4) is 0 Å². The van der Waals surface area contributed by atoms with E-state index in [1.165, 1.54) is 23.1 Å². The molecule has 1 saturated carbocycles. The van der Waals surface area contributed by atoms with E-state index in [-0.39, 0.29) is 35.4 Å². The number of piperidine rings is 1. The van der Waals surface area contributed by atoms with Gasteiger partial charge in [0.15, 0.2) is 0 Å². The number of imidazole rings is 1. The number of hydrogen-bond donors (Lipinski definition) is 2. The van der Waals surface area contributed by atoms with Crippen LogP contribution in [0, 0.1) is 5.92 Å². The molecule has 3 aliphatic rings. The summed E-state index contributed by atoms with van der Waals surface area (Å²) in [5.41, 5.74) is 4.57.